The number of aromatic nitrogens is 1. The lowest BCUT2D eigenvalue weighted by Gasteiger charge is -2.47. The van der Waals surface area contributed by atoms with Gasteiger partial charge in [-0.2, -0.15) is 0 Å². The van der Waals surface area contributed by atoms with E-state index in [-0.39, 0.29) is 30.4 Å². The molecular formula is C28H28N4O5S. The number of fused-ring (bicyclic) bond motifs is 4. The molecule has 1 aromatic carbocycles. The van der Waals surface area contributed by atoms with Crippen molar-refractivity contribution in [2.75, 3.05) is 31.6 Å². The van der Waals surface area contributed by atoms with E-state index in [1.165, 1.54) is 11.3 Å². The molecule has 0 spiro atoms. The quantitative estimate of drug-likeness (QED) is 0.490. The summed E-state index contributed by atoms with van der Waals surface area (Å²) in [4.78, 5) is 57.5. The van der Waals surface area contributed by atoms with E-state index >= 15 is 0 Å². The number of carbonyl (C=O) groups excluding carboxylic acids is 3. The van der Waals surface area contributed by atoms with E-state index in [1.807, 2.05) is 28.1 Å². The summed E-state index contributed by atoms with van der Waals surface area (Å²) in [5.74, 6) is -0.133. The van der Waals surface area contributed by atoms with E-state index < -0.39 is 23.3 Å². The van der Waals surface area contributed by atoms with Crippen LogP contribution in [0.3, 0.4) is 0 Å². The van der Waals surface area contributed by atoms with Gasteiger partial charge in [0.2, 0.25) is 5.91 Å². The first kappa shape index (κ1) is 24.6. The van der Waals surface area contributed by atoms with E-state index in [0.29, 0.717) is 31.1 Å². The van der Waals surface area contributed by atoms with Gasteiger partial charge in [-0.15, -0.1) is 11.3 Å². The number of barbiturate groups is 1. The van der Waals surface area contributed by atoms with Gasteiger partial charge in [0.05, 0.1) is 12.8 Å². The van der Waals surface area contributed by atoms with Crippen molar-refractivity contribution >= 4 is 34.9 Å². The highest BCUT2D eigenvalue weighted by atomic mass is 32.1. The van der Waals surface area contributed by atoms with Gasteiger partial charge >= 0.3 is 6.03 Å². The van der Waals surface area contributed by atoms with Gasteiger partial charge in [0.25, 0.3) is 11.5 Å². The first-order chi connectivity index (χ1) is 18.4. The van der Waals surface area contributed by atoms with Crippen molar-refractivity contribution < 1.29 is 19.1 Å². The highest BCUT2D eigenvalue weighted by molar-refractivity contribution is 7.09. The average molecular weight is 533 g/mol. The molecule has 3 atom stereocenters. The zero-order chi connectivity index (χ0) is 26.4. The topological polar surface area (TPSA) is 101 Å². The van der Waals surface area contributed by atoms with Gasteiger partial charge in [-0.3, -0.25) is 19.7 Å². The Bertz CT molecular complexity index is 1450. The molecule has 0 saturated carbocycles. The third-order valence-corrected chi connectivity index (χ3v) is 8.78. The van der Waals surface area contributed by atoms with Crippen LogP contribution in [0.1, 0.15) is 22.9 Å². The standard InChI is InChI=1S/C28H28N4O5S/c1-37-21-9-7-20(8-10-21)32-26(35)28(25(34)29-27(32)36,13-22-4-3-11-38-22)17-30-14-18-12-19(16-30)23-5-2-6-24(33)31(23)15-18/h2-11,18-19H,12-17H2,1H3,(H,29,34,36)/t18?,19-,28?/m0/s1. The molecule has 9 nitrogen and oxygen atoms in total. The lowest BCUT2D eigenvalue weighted by atomic mass is 9.77. The molecule has 0 radical (unpaired) electrons. The molecule has 10 heteroatoms. The summed E-state index contributed by atoms with van der Waals surface area (Å²) in [7, 11) is 1.54. The van der Waals surface area contributed by atoms with Crippen molar-refractivity contribution in [1.29, 1.82) is 0 Å². The minimum atomic E-state index is -1.49. The monoisotopic (exact) mass is 532 g/mol. The van der Waals surface area contributed by atoms with Gasteiger partial charge in [-0.1, -0.05) is 12.1 Å². The van der Waals surface area contributed by atoms with Gasteiger partial charge in [0.15, 0.2) is 0 Å². The first-order valence-corrected chi connectivity index (χ1v) is 13.5. The Kier molecular flexibility index (Phi) is 6.16. The number of likely N-dealkylation sites (tertiary alicyclic amines) is 1. The number of benzene rings is 1. The summed E-state index contributed by atoms with van der Waals surface area (Å²) in [6.07, 6.45) is 1.16. The highest BCUT2D eigenvalue weighted by Gasteiger charge is 2.56. The number of hydrogen-bond acceptors (Lipinski definition) is 7. The second kappa shape index (κ2) is 9.52. The lowest BCUT2D eigenvalue weighted by Crippen LogP contribution is -2.68. The number of methoxy groups -OCH3 is 1. The number of carbonyl (C=O) groups is 3. The van der Waals surface area contributed by atoms with Crippen LogP contribution in [-0.4, -0.2) is 54.1 Å². The second-order valence-corrected chi connectivity index (χ2v) is 11.4. The van der Waals surface area contributed by atoms with Crippen LogP contribution >= 0.6 is 11.3 Å². The Morgan fingerprint density at radius 2 is 1.82 bits per heavy atom. The molecule has 2 bridgehead atoms. The molecule has 2 fully saturated rings. The van der Waals surface area contributed by atoms with Gasteiger partial charge in [-0.05, 0) is 54.1 Å². The van der Waals surface area contributed by atoms with Crippen molar-refractivity contribution in [3.63, 3.8) is 0 Å². The fourth-order valence-corrected chi connectivity index (χ4v) is 7.03. The van der Waals surface area contributed by atoms with Crippen molar-refractivity contribution in [2.45, 2.75) is 25.3 Å². The number of imide groups is 2. The zero-order valence-electron chi connectivity index (χ0n) is 21.0. The van der Waals surface area contributed by atoms with Crippen molar-refractivity contribution in [2.24, 2.45) is 11.3 Å². The van der Waals surface area contributed by atoms with Gasteiger partial charge < -0.3 is 14.2 Å². The molecule has 38 heavy (non-hydrogen) atoms. The van der Waals surface area contributed by atoms with Crippen LogP contribution in [0.15, 0.2) is 64.8 Å². The SMILES string of the molecule is COc1ccc(N2C(=O)NC(=O)C(Cc3cccs3)(CN3CC4C[C@@H](C3)c3cccc(=O)n3C4)C2=O)cc1. The van der Waals surface area contributed by atoms with E-state index in [4.69, 9.17) is 4.74 Å². The van der Waals surface area contributed by atoms with Crippen molar-refractivity contribution in [3.8, 4) is 5.75 Å². The summed E-state index contributed by atoms with van der Waals surface area (Å²) < 4.78 is 7.08. The summed E-state index contributed by atoms with van der Waals surface area (Å²) in [6.45, 7) is 2.10. The Morgan fingerprint density at radius 3 is 2.55 bits per heavy atom. The van der Waals surface area contributed by atoms with E-state index in [9.17, 15) is 19.2 Å². The predicted molar refractivity (Wildman–Crippen MR) is 142 cm³/mol. The summed E-state index contributed by atoms with van der Waals surface area (Å²) in [5.41, 5.74) is -0.101. The fraction of sp³-hybridized carbons (Fsp3) is 0.357. The average Bonchev–Trinajstić information content (AvgIpc) is 3.41. The Hall–Kier alpha value is -3.76. The summed E-state index contributed by atoms with van der Waals surface area (Å²) in [5, 5.41) is 4.40. The predicted octanol–water partition coefficient (Wildman–Crippen LogP) is 2.85. The molecule has 2 aromatic heterocycles. The summed E-state index contributed by atoms with van der Waals surface area (Å²) >= 11 is 1.48. The van der Waals surface area contributed by atoms with Crippen LogP contribution in [0.4, 0.5) is 10.5 Å². The molecular weight excluding hydrogens is 504 g/mol. The van der Waals surface area contributed by atoms with Crippen molar-refractivity contribution in [1.82, 2.24) is 14.8 Å². The first-order valence-electron chi connectivity index (χ1n) is 12.7. The molecule has 4 amide bonds. The number of urea groups is 1. The van der Waals surface area contributed by atoms with E-state index in [0.717, 1.165) is 21.9 Å². The third kappa shape index (κ3) is 4.13. The highest BCUT2D eigenvalue weighted by Crippen LogP contribution is 2.39. The van der Waals surface area contributed by atoms with Gasteiger partial charge in [0, 0.05) is 55.2 Å². The van der Waals surface area contributed by atoms with E-state index in [2.05, 4.69) is 10.2 Å². The number of nitrogens with zero attached hydrogens (tertiary/aromatic N) is 3. The van der Waals surface area contributed by atoms with Crippen LogP contribution in [0.2, 0.25) is 0 Å². The molecule has 0 aliphatic carbocycles. The van der Waals surface area contributed by atoms with Crippen LogP contribution in [-0.2, 0) is 22.6 Å². The Morgan fingerprint density at radius 1 is 1.00 bits per heavy atom. The minimum Gasteiger partial charge on any atom is -0.497 e. The maximum atomic E-state index is 14.3. The molecule has 3 aliphatic heterocycles. The minimum absolute atomic E-state index is 0.00953. The molecule has 3 aromatic rings. The number of nitrogens with one attached hydrogen (secondary N) is 1. The number of amides is 4. The zero-order valence-corrected chi connectivity index (χ0v) is 21.8. The molecule has 5 heterocycles. The smallest absolute Gasteiger partial charge is 0.335 e. The van der Waals surface area contributed by atoms with Gasteiger partial charge in [0.1, 0.15) is 11.2 Å². The fourth-order valence-electron chi connectivity index (χ4n) is 6.21. The number of hydrogen-bond donors (Lipinski definition) is 1. The Balaban J connectivity index is 1.36. The lowest BCUT2D eigenvalue weighted by molar-refractivity contribution is -0.144. The number of pyridine rings is 1. The summed E-state index contributed by atoms with van der Waals surface area (Å²) in [6, 6.07) is 15.1. The molecule has 1 N–H and O–H groups in total. The van der Waals surface area contributed by atoms with Crippen LogP contribution in [0, 0.1) is 11.3 Å². The Labute approximate surface area is 223 Å². The van der Waals surface area contributed by atoms with Crippen LogP contribution < -0.4 is 20.5 Å². The number of rotatable bonds is 6. The molecule has 6 rings (SSSR count). The number of piperidine rings is 1. The number of anilines is 1. The molecule has 3 aliphatic rings. The van der Waals surface area contributed by atoms with E-state index in [1.54, 1.807) is 43.5 Å². The number of thiophene rings is 1. The maximum Gasteiger partial charge on any atom is 0.335 e. The largest absolute Gasteiger partial charge is 0.497 e. The molecule has 2 unspecified atom stereocenters. The maximum absolute atomic E-state index is 14.3. The number of ether oxygens (including phenoxy) is 1. The normalized spacial score (nSPS) is 25.2. The van der Waals surface area contributed by atoms with Gasteiger partial charge in [-0.25, -0.2) is 9.69 Å². The van der Waals surface area contributed by atoms with Crippen LogP contribution in [0.25, 0.3) is 0 Å². The molecule has 2 saturated heterocycles. The van der Waals surface area contributed by atoms with Crippen LogP contribution in [0.5, 0.6) is 5.75 Å². The van der Waals surface area contributed by atoms with Crippen molar-refractivity contribution in [3.05, 3.63) is 80.9 Å². The second-order valence-electron chi connectivity index (χ2n) is 10.3. The molecule has 196 valence electrons. The third-order valence-electron chi connectivity index (χ3n) is 7.91.